The van der Waals surface area contributed by atoms with Crippen molar-refractivity contribution in [3.8, 4) is 0 Å². The van der Waals surface area contributed by atoms with Gasteiger partial charge in [-0.3, -0.25) is 25.6 Å². The number of nitrogens with two attached hydrogens (primary N) is 2. The largest absolute Gasteiger partial charge is 0.414 e. The van der Waals surface area contributed by atoms with E-state index < -0.39 is 8.32 Å². The van der Waals surface area contributed by atoms with Crippen molar-refractivity contribution in [3.05, 3.63) is 16.7 Å². The highest BCUT2D eigenvalue weighted by Crippen LogP contribution is 2.38. The number of nitrogens with zero attached hydrogens (tertiary/aromatic N) is 3. The van der Waals surface area contributed by atoms with Crippen LogP contribution in [-0.4, -0.2) is 46.6 Å². The number of hydrogen-bond donors (Lipinski definition) is 4. The molecule has 2 aromatic rings. The van der Waals surface area contributed by atoms with E-state index in [1.165, 1.54) is 0 Å². The lowest BCUT2D eigenvalue weighted by Crippen LogP contribution is -2.47. The van der Waals surface area contributed by atoms with Crippen LogP contribution in [0.2, 0.25) is 18.1 Å². The van der Waals surface area contributed by atoms with Crippen molar-refractivity contribution in [1.29, 1.82) is 0 Å². The third kappa shape index (κ3) is 3.78. The topological polar surface area (TPSA) is 146 Å². The molecule has 1 fully saturated rings. The molecule has 10 nitrogen and oxygen atoms in total. The minimum absolute atomic E-state index is 0.0403. The summed E-state index contributed by atoms with van der Waals surface area (Å²) in [6, 6.07) is -0.0865. The number of imidazole rings is 1. The second-order valence-corrected chi connectivity index (χ2v) is 13.3. The quantitative estimate of drug-likeness (QED) is 0.331. The van der Waals surface area contributed by atoms with Gasteiger partial charge in [-0.05, 0) is 18.1 Å². The fraction of sp³-hybridized carbons (Fsp3) is 0.688. The number of nitrogen functional groups attached to an aromatic ring is 1. The van der Waals surface area contributed by atoms with Crippen LogP contribution in [0.25, 0.3) is 11.2 Å². The van der Waals surface area contributed by atoms with Crippen LogP contribution >= 0.6 is 0 Å². The van der Waals surface area contributed by atoms with Crippen molar-refractivity contribution in [2.75, 3.05) is 12.3 Å². The molecule has 3 atom stereocenters. The summed E-state index contributed by atoms with van der Waals surface area (Å²) in [6.07, 6.45) is 1.56. The van der Waals surface area contributed by atoms with Gasteiger partial charge in [-0.25, -0.2) is 4.98 Å². The Morgan fingerprint density at radius 3 is 2.81 bits per heavy atom. The Balaban J connectivity index is 1.80. The van der Waals surface area contributed by atoms with Crippen molar-refractivity contribution < 1.29 is 9.16 Å². The number of ether oxygens (including phenoxy) is 1. The Bertz CT molecular complexity index is 873. The first kappa shape index (κ1) is 20.0. The highest BCUT2D eigenvalue weighted by Gasteiger charge is 2.41. The summed E-state index contributed by atoms with van der Waals surface area (Å²) in [7, 11) is -1.90. The molecule has 6 N–H and O–H groups in total. The molecule has 0 aromatic carbocycles. The van der Waals surface area contributed by atoms with Crippen molar-refractivity contribution in [1.82, 2.24) is 24.9 Å². The van der Waals surface area contributed by atoms with Crippen LogP contribution in [0.1, 0.15) is 33.4 Å². The van der Waals surface area contributed by atoms with Crippen LogP contribution in [0.15, 0.2) is 11.1 Å². The minimum Gasteiger partial charge on any atom is -0.414 e. The van der Waals surface area contributed by atoms with Gasteiger partial charge in [0.1, 0.15) is 6.23 Å². The second kappa shape index (κ2) is 6.98. The Labute approximate surface area is 158 Å². The van der Waals surface area contributed by atoms with Crippen LogP contribution in [0.3, 0.4) is 0 Å². The molecule has 0 radical (unpaired) electrons. The van der Waals surface area contributed by atoms with E-state index in [2.05, 4.69) is 54.2 Å². The maximum atomic E-state index is 12.0. The molecule has 0 unspecified atom stereocenters. The summed E-state index contributed by atoms with van der Waals surface area (Å²) >= 11 is 0. The summed E-state index contributed by atoms with van der Waals surface area (Å²) in [6.45, 7) is 11.4. The van der Waals surface area contributed by atoms with Gasteiger partial charge in [0.2, 0.25) is 5.95 Å². The number of H-pyrrole nitrogens is 1. The fourth-order valence-electron chi connectivity index (χ4n) is 2.89. The lowest BCUT2D eigenvalue weighted by Gasteiger charge is -2.37. The summed E-state index contributed by atoms with van der Waals surface area (Å²) in [4.78, 5) is 22.8. The zero-order valence-corrected chi connectivity index (χ0v) is 17.4. The van der Waals surface area contributed by atoms with E-state index in [1.807, 2.05) is 0 Å². The summed E-state index contributed by atoms with van der Waals surface area (Å²) in [5.41, 5.74) is 8.73. The standard InChI is InChI=1S/C16H29N7O3Si/c1-16(2,3)27(4,5)25-7-10-9(22-18)6-11(26-10)23-8-19-12-13(23)20-15(17)21-14(12)24/h8-11,22H,6-7,18H2,1-5H3,(H3,17,20,21,24)/t9-,10+,11+/m0/s1. The van der Waals surface area contributed by atoms with Crippen molar-refractivity contribution in [2.45, 2.75) is 63.7 Å². The predicted octanol–water partition coefficient (Wildman–Crippen LogP) is 0.843. The number of aromatic amines is 1. The molecular formula is C16H29N7O3Si. The first-order chi connectivity index (χ1) is 12.5. The monoisotopic (exact) mass is 395 g/mol. The highest BCUT2D eigenvalue weighted by molar-refractivity contribution is 6.74. The van der Waals surface area contributed by atoms with Gasteiger partial charge in [-0.15, -0.1) is 0 Å². The zero-order valence-electron chi connectivity index (χ0n) is 16.4. The van der Waals surface area contributed by atoms with Gasteiger partial charge in [0.15, 0.2) is 19.5 Å². The van der Waals surface area contributed by atoms with Crippen LogP contribution < -0.4 is 22.6 Å². The number of fused-ring (bicyclic) bond motifs is 1. The smallest absolute Gasteiger partial charge is 0.280 e. The molecule has 1 aliphatic rings. The SMILES string of the molecule is CC(C)(C)[Si](C)(C)OC[C@H]1O[C@@H](n2cnc3c(=O)[nH]c(N)nc32)C[C@@H]1NN. The Morgan fingerprint density at radius 1 is 1.48 bits per heavy atom. The number of hydrogen-bond acceptors (Lipinski definition) is 8. The molecule has 2 aromatic heterocycles. The molecule has 0 bridgehead atoms. The van der Waals surface area contributed by atoms with Crippen molar-refractivity contribution in [3.63, 3.8) is 0 Å². The second-order valence-electron chi connectivity index (χ2n) is 8.48. The van der Waals surface area contributed by atoms with Gasteiger partial charge >= 0.3 is 0 Å². The highest BCUT2D eigenvalue weighted by atomic mass is 28.4. The predicted molar refractivity (Wildman–Crippen MR) is 105 cm³/mol. The third-order valence-corrected chi connectivity index (χ3v) is 10.1. The zero-order chi connectivity index (χ0) is 20.0. The number of nitrogens with one attached hydrogen (secondary N) is 2. The molecular weight excluding hydrogens is 366 g/mol. The molecule has 0 spiro atoms. The summed E-state index contributed by atoms with van der Waals surface area (Å²) in [5, 5.41) is 0.111. The molecule has 1 saturated heterocycles. The molecule has 0 aliphatic carbocycles. The average Bonchev–Trinajstić information content (AvgIpc) is 3.15. The van der Waals surface area contributed by atoms with E-state index in [9.17, 15) is 4.79 Å². The van der Waals surface area contributed by atoms with E-state index in [0.717, 1.165) is 0 Å². The Morgan fingerprint density at radius 2 is 2.19 bits per heavy atom. The third-order valence-electron chi connectivity index (χ3n) is 5.63. The molecule has 0 saturated carbocycles. The minimum atomic E-state index is -1.90. The van der Waals surface area contributed by atoms with E-state index in [-0.39, 0.29) is 40.4 Å². The van der Waals surface area contributed by atoms with Gasteiger partial charge in [0.25, 0.3) is 5.56 Å². The Hall–Kier alpha value is -1.79. The van der Waals surface area contributed by atoms with E-state index in [0.29, 0.717) is 18.7 Å². The van der Waals surface area contributed by atoms with Crippen LogP contribution in [-0.2, 0) is 9.16 Å². The van der Waals surface area contributed by atoms with Crippen molar-refractivity contribution in [2.24, 2.45) is 5.84 Å². The molecule has 0 amide bonds. The van der Waals surface area contributed by atoms with E-state index >= 15 is 0 Å². The first-order valence-electron chi connectivity index (χ1n) is 9.01. The summed E-state index contributed by atoms with van der Waals surface area (Å²) < 4.78 is 14.2. The Kier molecular flexibility index (Phi) is 5.16. The van der Waals surface area contributed by atoms with Gasteiger partial charge in [-0.1, -0.05) is 20.8 Å². The van der Waals surface area contributed by atoms with Crippen LogP contribution in [0.4, 0.5) is 5.95 Å². The van der Waals surface area contributed by atoms with Crippen LogP contribution in [0, 0.1) is 0 Å². The molecule has 150 valence electrons. The van der Waals surface area contributed by atoms with Crippen molar-refractivity contribution >= 4 is 25.4 Å². The molecule has 3 rings (SSSR count). The maximum absolute atomic E-state index is 12.0. The van der Waals surface area contributed by atoms with Gasteiger partial charge in [-0.2, -0.15) is 4.98 Å². The summed E-state index contributed by atoms with van der Waals surface area (Å²) in [5.74, 6) is 5.78. The molecule has 11 heteroatoms. The molecule has 1 aliphatic heterocycles. The number of aromatic nitrogens is 4. The van der Waals surface area contributed by atoms with Crippen LogP contribution in [0.5, 0.6) is 0 Å². The molecule has 3 heterocycles. The first-order valence-corrected chi connectivity index (χ1v) is 11.9. The van der Waals surface area contributed by atoms with E-state index in [4.69, 9.17) is 20.7 Å². The number of rotatable bonds is 5. The normalized spacial score (nSPS) is 24.0. The lowest BCUT2D eigenvalue weighted by atomic mass is 10.1. The average molecular weight is 396 g/mol. The number of hydrazine groups is 1. The van der Waals surface area contributed by atoms with Gasteiger partial charge < -0.3 is 14.9 Å². The lowest BCUT2D eigenvalue weighted by molar-refractivity contribution is -0.0227. The maximum Gasteiger partial charge on any atom is 0.280 e. The van der Waals surface area contributed by atoms with E-state index in [1.54, 1.807) is 10.9 Å². The molecule has 27 heavy (non-hydrogen) atoms. The van der Waals surface area contributed by atoms with Gasteiger partial charge in [0.05, 0.1) is 25.1 Å². The number of anilines is 1. The van der Waals surface area contributed by atoms with Gasteiger partial charge in [0, 0.05) is 6.42 Å². The fourth-order valence-corrected chi connectivity index (χ4v) is 3.91.